The third-order valence-corrected chi connectivity index (χ3v) is 3.85. The van der Waals surface area contributed by atoms with E-state index in [-0.39, 0.29) is 11.9 Å². The molecule has 0 radical (unpaired) electrons. The van der Waals surface area contributed by atoms with E-state index in [0.29, 0.717) is 11.5 Å². The maximum Gasteiger partial charge on any atom is 0.232 e. The van der Waals surface area contributed by atoms with Crippen molar-refractivity contribution in [3.05, 3.63) is 0 Å². The van der Waals surface area contributed by atoms with Gasteiger partial charge in [0.1, 0.15) is 6.04 Å². The number of likely N-dealkylation sites (tertiary alicyclic amines) is 1. The second-order valence-electron chi connectivity index (χ2n) is 4.20. The Bertz CT molecular complexity index is 271. The van der Waals surface area contributed by atoms with E-state index in [4.69, 9.17) is 5.26 Å². The van der Waals surface area contributed by atoms with Gasteiger partial charge in [-0.3, -0.25) is 4.79 Å². The average Bonchev–Trinajstić information content (AvgIpc) is 2.38. The first-order valence-corrected chi connectivity index (χ1v) is 7.42. The fraction of sp³-hybridized carbons (Fsp3) is 0.833. The summed E-state index contributed by atoms with van der Waals surface area (Å²) in [5.41, 5.74) is 0. The fourth-order valence-electron chi connectivity index (χ4n) is 1.89. The minimum Gasteiger partial charge on any atom is -0.342 e. The van der Waals surface area contributed by atoms with E-state index in [9.17, 15) is 4.79 Å². The van der Waals surface area contributed by atoms with Crippen molar-refractivity contribution in [3.63, 3.8) is 0 Å². The molecular formula is C12H21N3OS. The van der Waals surface area contributed by atoms with E-state index in [1.165, 1.54) is 6.42 Å². The molecule has 0 spiro atoms. The maximum absolute atomic E-state index is 11.8. The van der Waals surface area contributed by atoms with E-state index >= 15 is 0 Å². The van der Waals surface area contributed by atoms with Crippen LogP contribution >= 0.6 is 11.8 Å². The predicted molar refractivity (Wildman–Crippen MR) is 70.8 cm³/mol. The van der Waals surface area contributed by atoms with Crippen molar-refractivity contribution >= 4 is 17.7 Å². The summed E-state index contributed by atoms with van der Waals surface area (Å²) >= 11 is 1.55. The van der Waals surface area contributed by atoms with E-state index < -0.39 is 0 Å². The SMILES string of the molecule is CCNC(C#N)CSCC(=O)N1CCCCC1. The summed E-state index contributed by atoms with van der Waals surface area (Å²) in [5.74, 6) is 1.41. The highest BCUT2D eigenvalue weighted by Crippen LogP contribution is 2.11. The summed E-state index contributed by atoms with van der Waals surface area (Å²) in [6.07, 6.45) is 3.51. The number of hydrogen-bond acceptors (Lipinski definition) is 4. The number of nitrogens with zero attached hydrogens (tertiary/aromatic N) is 2. The number of carbonyl (C=O) groups excluding carboxylic acids is 1. The van der Waals surface area contributed by atoms with E-state index in [0.717, 1.165) is 32.5 Å². The lowest BCUT2D eigenvalue weighted by Crippen LogP contribution is -2.37. The first-order valence-electron chi connectivity index (χ1n) is 6.26. The summed E-state index contributed by atoms with van der Waals surface area (Å²) in [7, 11) is 0. The van der Waals surface area contributed by atoms with Crippen molar-refractivity contribution in [1.29, 1.82) is 5.26 Å². The van der Waals surface area contributed by atoms with E-state index in [1.807, 2.05) is 11.8 Å². The van der Waals surface area contributed by atoms with Gasteiger partial charge in [0.25, 0.3) is 0 Å². The van der Waals surface area contributed by atoms with Crippen LogP contribution in [0.4, 0.5) is 0 Å². The molecule has 1 fully saturated rings. The largest absolute Gasteiger partial charge is 0.342 e. The molecule has 1 aliphatic rings. The van der Waals surface area contributed by atoms with Crippen molar-refractivity contribution in [2.24, 2.45) is 0 Å². The molecule has 0 aromatic heterocycles. The maximum atomic E-state index is 11.8. The van der Waals surface area contributed by atoms with Crippen LogP contribution in [0.2, 0.25) is 0 Å². The summed E-state index contributed by atoms with van der Waals surface area (Å²) in [6.45, 7) is 4.59. The zero-order valence-electron chi connectivity index (χ0n) is 10.4. The van der Waals surface area contributed by atoms with Crippen LogP contribution in [0.5, 0.6) is 0 Å². The smallest absolute Gasteiger partial charge is 0.232 e. The summed E-state index contributed by atoms with van der Waals surface area (Å²) in [6, 6.07) is 2.06. The second-order valence-corrected chi connectivity index (χ2v) is 5.23. The van der Waals surface area contributed by atoms with Crippen LogP contribution in [-0.4, -0.2) is 48.0 Å². The van der Waals surface area contributed by atoms with Crippen molar-refractivity contribution in [2.45, 2.75) is 32.2 Å². The number of thioether (sulfide) groups is 1. The molecule has 4 nitrogen and oxygen atoms in total. The minimum absolute atomic E-state index is 0.140. The zero-order chi connectivity index (χ0) is 12.5. The van der Waals surface area contributed by atoms with Gasteiger partial charge in [-0.2, -0.15) is 5.26 Å². The normalized spacial score (nSPS) is 17.5. The first-order chi connectivity index (χ1) is 8.27. The number of rotatable bonds is 6. The standard InChI is InChI=1S/C12H21N3OS/c1-2-14-11(8-13)9-17-10-12(16)15-6-4-3-5-7-15/h11,14H,2-7,9-10H2,1H3. The Labute approximate surface area is 108 Å². The molecule has 5 heteroatoms. The van der Waals surface area contributed by atoms with Gasteiger partial charge in [-0.1, -0.05) is 6.92 Å². The highest BCUT2D eigenvalue weighted by atomic mass is 32.2. The van der Waals surface area contributed by atoms with Crippen LogP contribution in [0.15, 0.2) is 0 Å². The van der Waals surface area contributed by atoms with Gasteiger partial charge in [-0.25, -0.2) is 0 Å². The molecule has 0 bridgehead atoms. The van der Waals surface area contributed by atoms with Gasteiger partial charge in [0.2, 0.25) is 5.91 Å². The molecule has 1 heterocycles. The molecule has 0 aromatic rings. The Kier molecular flexibility index (Phi) is 7.06. The zero-order valence-corrected chi connectivity index (χ0v) is 11.3. The summed E-state index contributed by atoms with van der Waals surface area (Å²) < 4.78 is 0. The van der Waals surface area contributed by atoms with Crippen LogP contribution in [0, 0.1) is 11.3 Å². The van der Waals surface area contributed by atoms with E-state index in [1.54, 1.807) is 11.8 Å². The molecule has 1 N–H and O–H groups in total. The fourth-order valence-corrected chi connectivity index (χ4v) is 2.79. The quantitative estimate of drug-likeness (QED) is 0.775. The van der Waals surface area contributed by atoms with Gasteiger partial charge in [0, 0.05) is 18.8 Å². The lowest BCUT2D eigenvalue weighted by molar-refractivity contribution is -0.129. The van der Waals surface area contributed by atoms with Crippen molar-refractivity contribution in [1.82, 2.24) is 10.2 Å². The molecule has 1 saturated heterocycles. The Morgan fingerprint density at radius 2 is 2.18 bits per heavy atom. The predicted octanol–water partition coefficient (Wildman–Crippen LogP) is 1.23. The van der Waals surface area contributed by atoms with Gasteiger partial charge >= 0.3 is 0 Å². The van der Waals surface area contributed by atoms with Crippen LogP contribution in [-0.2, 0) is 4.79 Å². The number of nitriles is 1. The van der Waals surface area contributed by atoms with Gasteiger partial charge in [-0.15, -0.1) is 11.8 Å². The van der Waals surface area contributed by atoms with Gasteiger partial charge in [-0.05, 0) is 25.8 Å². The Balaban J connectivity index is 2.16. The highest BCUT2D eigenvalue weighted by molar-refractivity contribution is 8.00. The lowest BCUT2D eigenvalue weighted by Gasteiger charge is -2.26. The monoisotopic (exact) mass is 255 g/mol. The second kappa shape index (κ2) is 8.37. The van der Waals surface area contributed by atoms with Crippen LogP contribution < -0.4 is 5.32 Å². The molecule has 0 aromatic carbocycles. The molecule has 1 unspecified atom stereocenters. The highest BCUT2D eigenvalue weighted by Gasteiger charge is 2.16. The summed E-state index contributed by atoms with van der Waals surface area (Å²) in [4.78, 5) is 13.8. The summed E-state index contributed by atoms with van der Waals surface area (Å²) in [5, 5.41) is 11.9. The number of amides is 1. The molecule has 1 rings (SSSR count). The molecule has 1 atom stereocenters. The Morgan fingerprint density at radius 1 is 1.47 bits per heavy atom. The molecule has 96 valence electrons. The first kappa shape index (κ1) is 14.3. The van der Waals surface area contributed by atoms with Crippen LogP contribution in [0.25, 0.3) is 0 Å². The molecular weight excluding hydrogens is 234 g/mol. The van der Waals surface area contributed by atoms with Crippen LogP contribution in [0.1, 0.15) is 26.2 Å². The minimum atomic E-state index is -0.140. The molecule has 1 amide bonds. The lowest BCUT2D eigenvalue weighted by atomic mass is 10.1. The number of piperidine rings is 1. The van der Waals surface area contributed by atoms with Gasteiger partial charge in [0.05, 0.1) is 11.8 Å². The number of carbonyl (C=O) groups is 1. The topological polar surface area (TPSA) is 56.1 Å². The molecule has 0 aliphatic carbocycles. The van der Waals surface area contributed by atoms with Crippen molar-refractivity contribution in [3.8, 4) is 6.07 Å². The van der Waals surface area contributed by atoms with Crippen LogP contribution in [0.3, 0.4) is 0 Å². The molecule has 0 saturated carbocycles. The Morgan fingerprint density at radius 3 is 2.76 bits per heavy atom. The third kappa shape index (κ3) is 5.42. The molecule has 1 aliphatic heterocycles. The van der Waals surface area contributed by atoms with E-state index in [2.05, 4.69) is 11.4 Å². The third-order valence-electron chi connectivity index (χ3n) is 2.83. The van der Waals surface area contributed by atoms with Gasteiger partial charge in [0.15, 0.2) is 0 Å². The van der Waals surface area contributed by atoms with Gasteiger partial charge < -0.3 is 10.2 Å². The average molecular weight is 255 g/mol. The Hall–Kier alpha value is -0.730. The number of hydrogen-bond donors (Lipinski definition) is 1. The molecule has 17 heavy (non-hydrogen) atoms. The number of nitrogens with one attached hydrogen (secondary N) is 1. The van der Waals surface area contributed by atoms with Crippen molar-refractivity contribution in [2.75, 3.05) is 31.1 Å². The van der Waals surface area contributed by atoms with Crippen molar-refractivity contribution < 1.29 is 4.79 Å².